The zero-order chi connectivity index (χ0) is 24.7. The summed E-state index contributed by atoms with van der Waals surface area (Å²) >= 11 is 0. The van der Waals surface area contributed by atoms with Crippen molar-refractivity contribution < 1.29 is 28.4 Å². The molecule has 0 aromatic heterocycles. The van der Waals surface area contributed by atoms with E-state index in [2.05, 4.69) is 0 Å². The van der Waals surface area contributed by atoms with Crippen LogP contribution in [-0.4, -0.2) is 51.8 Å². The van der Waals surface area contributed by atoms with Crippen LogP contribution in [0.5, 0.6) is 23.0 Å². The van der Waals surface area contributed by atoms with Crippen molar-refractivity contribution in [1.82, 2.24) is 0 Å². The molecular formula is C30H42O6. The lowest BCUT2D eigenvalue weighted by atomic mass is 10.1. The van der Waals surface area contributed by atoms with Gasteiger partial charge in [-0.3, -0.25) is 0 Å². The SMILES string of the molecule is c1ccc(OCC2CO2)c(OCCCCCCCCCCCCOc2ccccc2OCC2CO2)c1. The minimum absolute atomic E-state index is 0.258. The van der Waals surface area contributed by atoms with E-state index in [9.17, 15) is 0 Å². The first-order chi connectivity index (χ1) is 17.9. The summed E-state index contributed by atoms with van der Waals surface area (Å²) in [5.74, 6) is 3.31. The molecule has 36 heavy (non-hydrogen) atoms. The van der Waals surface area contributed by atoms with Crippen LogP contribution in [0.25, 0.3) is 0 Å². The van der Waals surface area contributed by atoms with Crippen molar-refractivity contribution in [2.45, 2.75) is 76.4 Å². The lowest BCUT2D eigenvalue weighted by molar-refractivity contribution is 0.239. The molecule has 2 aromatic carbocycles. The zero-order valence-corrected chi connectivity index (χ0v) is 21.5. The van der Waals surface area contributed by atoms with Gasteiger partial charge >= 0.3 is 0 Å². The summed E-state index contributed by atoms with van der Waals surface area (Å²) < 4.78 is 33.9. The summed E-state index contributed by atoms with van der Waals surface area (Å²) in [6, 6.07) is 15.8. The van der Waals surface area contributed by atoms with E-state index in [1.165, 1.54) is 51.4 Å². The Morgan fingerprint density at radius 2 is 0.778 bits per heavy atom. The highest BCUT2D eigenvalue weighted by molar-refractivity contribution is 5.40. The fourth-order valence-electron chi connectivity index (χ4n) is 4.05. The standard InChI is InChI=1S/C30H42O6/c1(3-5-7-13-19-31-27-15-9-11-17-29(27)35-23-25-21-33-25)2-4-6-8-14-20-32-28-16-10-12-18-30(28)36-24-26-22-34-26/h9-12,15-18,25-26H,1-8,13-14,19-24H2. The number of epoxide rings is 2. The summed E-state index contributed by atoms with van der Waals surface area (Å²) in [6.45, 7) is 4.31. The monoisotopic (exact) mass is 498 g/mol. The maximum absolute atomic E-state index is 5.95. The van der Waals surface area contributed by atoms with Crippen molar-refractivity contribution >= 4 is 0 Å². The Balaban J connectivity index is 0.928. The van der Waals surface area contributed by atoms with E-state index in [1.807, 2.05) is 48.5 Å². The molecule has 2 aliphatic rings. The van der Waals surface area contributed by atoms with Gasteiger partial charge in [-0.1, -0.05) is 75.6 Å². The van der Waals surface area contributed by atoms with E-state index >= 15 is 0 Å². The largest absolute Gasteiger partial charge is 0.490 e. The zero-order valence-electron chi connectivity index (χ0n) is 21.5. The van der Waals surface area contributed by atoms with Crippen LogP contribution < -0.4 is 18.9 Å². The summed E-state index contributed by atoms with van der Waals surface area (Å²) in [4.78, 5) is 0. The molecule has 0 aliphatic carbocycles. The van der Waals surface area contributed by atoms with Gasteiger partial charge in [0, 0.05) is 0 Å². The van der Waals surface area contributed by atoms with E-state index in [1.54, 1.807) is 0 Å². The van der Waals surface area contributed by atoms with Crippen molar-refractivity contribution in [3.8, 4) is 23.0 Å². The van der Waals surface area contributed by atoms with Gasteiger partial charge in [0.1, 0.15) is 25.4 Å². The first kappa shape index (κ1) is 26.6. The van der Waals surface area contributed by atoms with Crippen LogP contribution in [0.3, 0.4) is 0 Å². The highest BCUT2D eigenvalue weighted by atomic mass is 16.6. The summed E-state index contributed by atoms with van der Waals surface area (Å²) in [5.41, 5.74) is 0. The highest BCUT2D eigenvalue weighted by Gasteiger charge is 2.24. The second kappa shape index (κ2) is 15.6. The third-order valence-electron chi connectivity index (χ3n) is 6.41. The molecule has 0 spiro atoms. The molecule has 4 rings (SSSR count). The Morgan fingerprint density at radius 3 is 1.11 bits per heavy atom. The Labute approximate surface area is 216 Å². The minimum atomic E-state index is 0.258. The number of benzene rings is 2. The number of unbranched alkanes of at least 4 members (excludes halogenated alkanes) is 9. The van der Waals surface area contributed by atoms with Gasteiger partial charge in [0.15, 0.2) is 23.0 Å². The van der Waals surface area contributed by atoms with Gasteiger partial charge in [0.2, 0.25) is 0 Å². The van der Waals surface area contributed by atoms with Crippen molar-refractivity contribution in [3.05, 3.63) is 48.5 Å². The molecule has 6 heteroatoms. The average molecular weight is 499 g/mol. The predicted octanol–water partition coefficient (Wildman–Crippen LogP) is 6.60. The molecule has 0 N–H and O–H groups in total. The van der Waals surface area contributed by atoms with Crippen LogP contribution in [0.4, 0.5) is 0 Å². The molecule has 2 heterocycles. The first-order valence-corrected chi connectivity index (χ1v) is 13.8. The van der Waals surface area contributed by atoms with Gasteiger partial charge in [0.25, 0.3) is 0 Å². The lowest BCUT2D eigenvalue weighted by Crippen LogP contribution is -2.06. The maximum atomic E-state index is 5.95. The number of hydrogen-bond donors (Lipinski definition) is 0. The normalized spacial score (nSPS) is 18.0. The van der Waals surface area contributed by atoms with Gasteiger partial charge < -0.3 is 28.4 Å². The maximum Gasteiger partial charge on any atom is 0.161 e. The summed E-state index contributed by atoms with van der Waals surface area (Å²) in [6.07, 6.45) is 13.0. The van der Waals surface area contributed by atoms with Crippen LogP contribution >= 0.6 is 0 Å². The topological polar surface area (TPSA) is 62.0 Å². The Hall–Kier alpha value is -2.44. The van der Waals surface area contributed by atoms with Crippen LogP contribution in [0.2, 0.25) is 0 Å². The number of para-hydroxylation sites is 4. The second-order valence-corrected chi connectivity index (χ2v) is 9.66. The van der Waals surface area contributed by atoms with Crippen LogP contribution in [0.1, 0.15) is 64.2 Å². The third kappa shape index (κ3) is 10.7. The van der Waals surface area contributed by atoms with Crippen LogP contribution in [0.15, 0.2) is 48.5 Å². The van der Waals surface area contributed by atoms with E-state index in [4.69, 9.17) is 28.4 Å². The highest BCUT2D eigenvalue weighted by Crippen LogP contribution is 2.29. The lowest BCUT2D eigenvalue weighted by Gasteiger charge is -2.12. The molecule has 2 aromatic rings. The fraction of sp³-hybridized carbons (Fsp3) is 0.600. The molecule has 0 saturated carbocycles. The molecule has 0 amide bonds. The van der Waals surface area contributed by atoms with Gasteiger partial charge in [0.05, 0.1) is 26.4 Å². The second-order valence-electron chi connectivity index (χ2n) is 9.66. The molecule has 198 valence electrons. The van der Waals surface area contributed by atoms with Crippen molar-refractivity contribution in [3.63, 3.8) is 0 Å². The third-order valence-corrected chi connectivity index (χ3v) is 6.41. The van der Waals surface area contributed by atoms with E-state index in [0.717, 1.165) is 62.3 Å². The van der Waals surface area contributed by atoms with E-state index in [-0.39, 0.29) is 12.2 Å². The Morgan fingerprint density at radius 1 is 0.472 bits per heavy atom. The molecule has 2 aliphatic heterocycles. The first-order valence-electron chi connectivity index (χ1n) is 13.8. The van der Waals surface area contributed by atoms with Gasteiger partial charge in [-0.05, 0) is 37.1 Å². The van der Waals surface area contributed by atoms with Crippen molar-refractivity contribution in [1.29, 1.82) is 0 Å². The summed E-state index contributed by atoms with van der Waals surface area (Å²) in [7, 11) is 0. The molecule has 2 atom stereocenters. The molecule has 0 radical (unpaired) electrons. The van der Waals surface area contributed by atoms with Gasteiger partial charge in [-0.2, -0.15) is 0 Å². The molecule has 2 unspecified atom stereocenters. The van der Waals surface area contributed by atoms with E-state index in [0.29, 0.717) is 13.2 Å². The molecule has 2 saturated heterocycles. The summed E-state index contributed by atoms with van der Waals surface area (Å²) in [5, 5.41) is 0. The predicted molar refractivity (Wildman–Crippen MR) is 141 cm³/mol. The fourth-order valence-corrected chi connectivity index (χ4v) is 4.05. The van der Waals surface area contributed by atoms with Gasteiger partial charge in [-0.15, -0.1) is 0 Å². The smallest absolute Gasteiger partial charge is 0.161 e. The van der Waals surface area contributed by atoms with Crippen LogP contribution in [-0.2, 0) is 9.47 Å². The molecule has 6 nitrogen and oxygen atoms in total. The molecular weight excluding hydrogens is 456 g/mol. The van der Waals surface area contributed by atoms with Crippen molar-refractivity contribution in [2.75, 3.05) is 39.6 Å². The minimum Gasteiger partial charge on any atom is -0.490 e. The quantitative estimate of drug-likeness (QED) is 0.143. The molecule has 2 fully saturated rings. The Kier molecular flexibility index (Phi) is 11.6. The van der Waals surface area contributed by atoms with Crippen LogP contribution in [0, 0.1) is 0 Å². The number of rotatable bonds is 21. The average Bonchev–Trinajstić information content (AvgIpc) is 3.83. The van der Waals surface area contributed by atoms with Gasteiger partial charge in [-0.25, -0.2) is 0 Å². The molecule has 0 bridgehead atoms. The Bertz CT molecular complexity index is 793. The number of hydrogen-bond acceptors (Lipinski definition) is 6. The van der Waals surface area contributed by atoms with E-state index < -0.39 is 0 Å². The number of ether oxygens (including phenoxy) is 6. The van der Waals surface area contributed by atoms with Crippen molar-refractivity contribution in [2.24, 2.45) is 0 Å².